The van der Waals surface area contributed by atoms with Gasteiger partial charge in [-0.3, -0.25) is 9.59 Å². The summed E-state index contributed by atoms with van der Waals surface area (Å²) in [6, 6.07) is 28.9. The van der Waals surface area contributed by atoms with Crippen LogP contribution in [0.2, 0.25) is 0 Å². The van der Waals surface area contributed by atoms with Gasteiger partial charge in [0.05, 0.1) is 5.41 Å². The van der Waals surface area contributed by atoms with Gasteiger partial charge in [0.25, 0.3) is 5.91 Å². The van der Waals surface area contributed by atoms with E-state index >= 15 is 0 Å². The molecule has 4 aliphatic rings. The summed E-state index contributed by atoms with van der Waals surface area (Å²) < 4.78 is 5.91. The number of amides is 1. The number of hydrogen-bond donors (Lipinski definition) is 2. The maximum Gasteiger partial charge on any atom is 0.414 e. The van der Waals surface area contributed by atoms with E-state index in [9.17, 15) is 9.59 Å². The number of carbonyl (C=O) groups excluding carboxylic acids is 2. The molecule has 4 aliphatic carbocycles. The first-order chi connectivity index (χ1) is 21.1. The van der Waals surface area contributed by atoms with Gasteiger partial charge in [-0.2, -0.15) is 0 Å². The van der Waals surface area contributed by atoms with Crippen molar-refractivity contribution in [2.45, 2.75) is 64.0 Å². The Morgan fingerprint density at radius 1 is 0.750 bits per heavy atom. The second-order valence-electron chi connectivity index (χ2n) is 12.8. The largest absolute Gasteiger partial charge is 0.473 e. The smallest absolute Gasteiger partial charge is 0.414 e. The van der Waals surface area contributed by atoms with Gasteiger partial charge in [0.1, 0.15) is 0 Å². The SMILES string of the molecule is Cc1ccc(C23CC4CC(CC(C(=O)OCC(=O)N(Cc5ccccc5)Cc5ccccc5)(C4)C2)C3)cc1.O=C(O)C(=O)O. The first-order valence-corrected chi connectivity index (χ1v) is 15.1. The second kappa shape index (κ2) is 13.0. The number of nitrogens with zero attached hydrogens (tertiary/aromatic N) is 1. The van der Waals surface area contributed by atoms with Crippen LogP contribution in [0.5, 0.6) is 0 Å². The molecular weight excluding hydrogens is 558 g/mol. The van der Waals surface area contributed by atoms with Crippen molar-refractivity contribution in [3.8, 4) is 0 Å². The lowest BCUT2D eigenvalue weighted by atomic mass is 9.43. The summed E-state index contributed by atoms with van der Waals surface area (Å²) in [5.41, 5.74) is 4.37. The highest BCUT2D eigenvalue weighted by atomic mass is 16.5. The van der Waals surface area contributed by atoms with Crippen molar-refractivity contribution < 1.29 is 34.1 Å². The molecule has 8 nitrogen and oxygen atoms in total. The Hall–Kier alpha value is -4.46. The normalized spacial score (nSPS) is 24.5. The molecule has 0 spiro atoms. The van der Waals surface area contributed by atoms with E-state index < -0.39 is 17.4 Å². The average molecular weight is 598 g/mol. The van der Waals surface area contributed by atoms with E-state index in [1.807, 2.05) is 60.7 Å². The van der Waals surface area contributed by atoms with Crippen LogP contribution < -0.4 is 0 Å². The van der Waals surface area contributed by atoms with Crippen LogP contribution in [0.25, 0.3) is 0 Å². The molecule has 0 radical (unpaired) electrons. The Labute approximate surface area is 257 Å². The van der Waals surface area contributed by atoms with Gasteiger partial charge in [-0.15, -0.1) is 0 Å². The first-order valence-electron chi connectivity index (χ1n) is 15.1. The molecule has 2 atom stereocenters. The number of carboxylic acid groups (broad SMARTS) is 2. The molecule has 1 amide bonds. The first kappa shape index (κ1) is 31.0. The summed E-state index contributed by atoms with van der Waals surface area (Å²) in [7, 11) is 0. The van der Waals surface area contributed by atoms with Gasteiger partial charge >= 0.3 is 17.9 Å². The highest BCUT2D eigenvalue weighted by molar-refractivity contribution is 6.27. The minimum atomic E-state index is -1.82. The Kier molecular flexibility index (Phi) is 9.18. The minimum Gasteiger partial charge on any atom is -0.473 e. The van der Waals surface area contributed by atoms with Crippen LogP contribution in [-0.2, 0) is 42.4 Å². The van der Waals surface area contributed by atoms with E-state index in [1.54, 1.807) is 4.90 Å². The fraction of sp³-hybridized carbons (Fsp3) is 0.389. The molecule has 3 aromatic rings. The standard InChI is InChI=1S/C34H37NO3.C2H2O4/c1-25-12-14-30(15-13-25)33-17-28-16-29(18-33)20-34(19-28,24-33)32(37)38-23-31(36)35(21-26-8-4-2-5-9-26)22-27-10-6-3-7-11-27;3-1(4)2(5)6/h2-15,28-29H,16-24H2,1H3;(H,3,4)(H,5,6). The number of hydrogen-bond acceptors (Lipinski definition) is 5. The molecule has 44 heavy (non-hydrogen) atoms. The van der Waals surface area contributed by atoms with Crippen LogP contribution in [0.1, 0.15) is 60.8 Å². The van der Waals surface area contributed by atoms with Crippen molar-refractivity contribution in [3.63, 3.8) is 0 Å². The Morgan fingerprint density at radius 3 is 1.73 bits per heavy atom. The zero-order chi connectivity index (χ0) is 31.3. The van der Waals surface area contributed by atoms with Crippen LogP contribution in [0, 0.1) is 24.2 Å². The molecule has 4 fully saturated rings. The number of rotatable bonds is 8. The molecule has 2 N–H and O–H groups in total. The Bertz CT molecular complexity index is 1420. The fourth-order valence-corrected chi connectivity index (χ4v) is 7.96. The number of carboxylic acids is 2. The monoisotopic (exact) mass is 597 g/mol. The van der Waals surface area contributed by atoms with Crippen LogP contribution >= 0.6 is 0 Å². The van der Waals surface area contributed by atoms with Gasteiger partial charge in [0.15, 0.2) is 6.61 Å². The quantitative estimate of drug-likeness (QED) is 0.250. The predicted molar refractivity (Wildman–Crippen MR) is 163 cm³/mol. The summed E-state index contributed by atoms with van der Waals surface area (Å²) in [5, 5.41) is 14.8. The number of benzene rings is 3. The van der Waals surface area contributed by atoms with Crippen molar-refractivity contribution in [1.82, 2.24) is 4.90 Å². The molecule has 7 rings (SSSR count). The summed E-state index contributed by atoms with van der Waals surface area (Å²) in [5.74, 6) is -2.83. The van der Waals surface area contributed by atoms with Gasteiger partial charge in [0, 0.05) is 13.1 Å². The van der Waals surface area contributed by atoms with E-state index in [4.69, 9.17) is 24.5 Å². The average Bonchev–Trinajstić information content (AvgIpc) is 3.00. The van der Waals surface area contributed by atoms with E-state index in [-0.39, 0.29) is 23.9 Å². The van der Waals surface area contributed by atoms with E-state index in [2.05, 4.69) is 31.2 Å². The third-order valence-electron chi connectivity index (χ3n) is 9.45. The number of ether oxygens (including phenoxy) is 1. The lowest BCUT2D eigenvalue weighted by Gasteiger charge is -2.61. The molecule has 0 saturated heterocycles. The number of aryl methyl sites for hydroxylation is 1. The molecule has 230 valence electrons. The summed E-state index contributed by atoms with van der Waals surface area (Å²) in [6.45, 7) is 2.89. The van der Waals surface area contributed by atoms with Crippen molar-refractivity contribution in [3.05, 3.63) is 107 Å². The van der Waals surface area contributed by atoms with Gasteiger partial charge in [-0.25, -0.2) is 9.59 Å². The highest BCUT2D eigenvalue weighted by Gasteiger charge is 2.61. The van der Waals surface area contributed by atoms with Crippen LogP contribution in [-0.4, -0.2) is 45.5 Å². The lowest BCUT2D eigenvalue weighted by molar-refractivity contribution is -0.177. The van der Waals surface area contributed by atoms with E-state index in [1.165, 1.54) is 30.4 Å². The summed E-state index contributed by atoms with van der Waals surface area (Å²) >= 11 is 0. The zero-order valence-corrected chi connectivity index (χ0v) is 25.0. The maximum absolute atomic E-state index is 13.8. The molecule has 0 aromatic heterocycles. The highest BCUT2D eigenvalue weighted by Crippen LogP contribution is 2.66. The third-order valence-corrected chi connectivity index (χ3v) is 9.45. The van der Waals surface area contributed by atoms with Crippen molar-refractivity contribution in [2.24, 2.45) is 17.3 Å². The number of carbonyl (C=O) groups is 4. The summed E-state index contributed by atoms with van der Waals surface area (Å²) in [6.07, 6.45) is 6.22. The predicted octanol–water partition coefficient (Wildman–Crippen LogP) is 5.76. The molecule has 0 heterocycles. The Balaban J connectivity index is 0.000000584. The minimum absolute atomic E-state index is 0.0630. The fourth-order valence-electron chi connectivity index (χ4n) is 7.96. The van der Waals surface area contributed by atoms with Crippen LogP contribution in [0.3, 0.4) is 0 Å². The molecule has 4 bridgehead atoms. The molecule has 0 aliphatic heterocycles. The van der Waals surface area contributed by atoms with Gasteiger partial charge in [0.2, 0.25) is 0 Å². The van der Waals surface area contributed by atoms with Gasteiger partial charge in [-0.05, 0) is 79.4 Å². The molecule has 3 aromatic carbocycles. The molecule has 2 unspecified atom stereocenters. The van der Waals surface area contributed by atoms with Crippen molar-refractivity contribution in [2.75, 3.05) is 6.61 Å². The second-order valence-corrected chi connectivity index (χ2v) is 12.8. The van der Waals surface area contributed by atoms with Crippen LogP contribution in [0.4, 0.5) is 0 Å². The topological polar surface area (TPSA) is 121 Å². The van der Waals surface area contributed by atoms with Crippen molar-refractivity contribution in [1.29, 1.82) is 0 Å². The van der Waals surface area contributed by atoms with Gasteiger partial charge < -0.3 is 19.8 Å². The molecule has 4 saturated carbocycles. The van der Waals surface area contributed by atoms with E-state index in [0.29, 0.717) is 24.9 Å². The zero-order valence-electron chi connectivity index (χ0n) is 25.0. The van der Waals surface area contributed by atoms with E-state index in [0.717, 1.165) is 30.4 Å². The number of aliphatic carboxylic acids is 2. The molecular formula is C36H39NO7. The van der Waals surface area contributed by atoms with Crippen molar-refractivity contribution >= 4 is 23.8 Å². The summed E-state index contributed by atoms with van der Waals surface area (Å²) in [4.78, 5) is 47.2. The van der Waals surface area contributed by atoms with Crippen LogP contribution in [0.15, 0.2) is 84.9 Å². The maximum atomic E-state index is 13.8. The lowest BCUT2D eigenvalue weighted by Crippen LogP contribution is -2.57. The number of esters is 1. The Morgan fingerprint density at radius 2 is 1.25 bits per heavy atom. The third kappa shape index (κ3) is 7.01. The molecule has 8 heteroatoms. The van der Waals surface area contributed by atoms with Gasteiger partial charge in [-0.1, -0.05) is 90.5 Å².